The van der Waals surface area contributed by atoms with E-state index in [-0.39, 0.29) is 0 Å². The second-order valence-electron chi connectivity index (χ2n) is 6.56. The van der Waals surface area contributed by atoms with E-state index < -0.39 is 0 Å². The highest BCUT2D eigenvalue weighted by atomic mass is 16.5. The van der Waals surface area contributed by atoms with E-state index in [1.165, 1.54) is 11.1 Å². The van der Waals surface area contributed by atoms with E-state index in [1.807, 2.05) is 6.07 Å². The van der Waals surface area contributed by atoms with Crippen LogP contribution in [0.5, 0.6) is 5.75 Å². The van der Waals surface area contributed by atoms with Gasteiger partial charge in [0.1, 0.15) is 5.75 Å². The number of rotatable bonds is 7. The molecule has 0 atom stereocenters. The Morgan fingerprint density at radius 3 is 2.65 bits per heavy atom. The van der Waals surface area contributed by atoms with Gasteiger partial charge in [0.2, 0.25) is 0 Å². The lowest BCUT2D eigenvalue weighted by Gasteiger charge is -2.22. The second-order valence-corrected chi connectivity index (χ2v) is 6.56. The number of benzene rings is 2. The first kappa shape index (κ1) is 16.5. The summed E-state index contributed by atoms with van der Waals surface area (Å²) in [7, 11) is 0. The molecule has 0 saturated carbocycles. The lowest BCUT2D eigenvalue weighted by Crippen LogP contribution is -2.22. The van der Waals surface area contributed by atoms with E-state index in [4.69, 9.17) is 4.74 Å². The van der Waals surface area contributed by atoms with Gasteiger partial charge in [0.15, 0.2) is 0 Å². The van der Waals surface area contributed by atoms with Crippen LogP contribution in [0.3, 0.4) is 0 Å². The highest BCUT2D eigenvalue weighted by Gasteiger charge is 2.11. The standard InChI is InChI=1S/C22H23N3O/c1-2-5-18(6-3-1)15-19-7-9-20(10-8-19)26-14-4-12-25-13-11-21-22(16-25)24-17-23-21/h1-3,5-11,13,17H,4,12,14-16H2,(H,23,24). The normalized spacial score (nSPS) is 12.8. The molecule has 2 aromatic carbocycles. The van der Waals surface area contributed by atoms with Gasteiger partial charge in [-0.3, -0.25) is 0 Å². The zero-order valence-corrected chi connectivity index (χ0v) is 14.8. The van der Waals surface area contributed by atoms with Gasteiger partial charge in [-0.25, -0.2) is 4.98 Å². The van der Waals surface area contributed by atoms with Crippen molar-refractivity contribution in [3.8, 4) is 5.75 Å². The number of nitrogens with zero attached hydrogens (tertiary/aromatic N) is 2. The molecule has 1 aliphatic heterocycles. The number of ether oxygens (including phenoxy) is 1. The summed E-state index contributed by atoms with van der Waals surface area (Å²) in [4.78, 5) is 9.75. The number of hydrogen-bond donors (Lipinski definition) is 1. The van der Waals surface area contributed by atoms with Crippen molar-refractivity contribution in [2.75, 3.05) is 13.2 Å². The minimum Gasteiger partial charge on any atom is -0.494 e. The molecule has 0 fully saturated rings. The Kier molecular flexibility index (Phi) is 5.01. The van der Waals surface area contributed by atoms with Crippen LogP contribution in [0.25, 0.3) is 6.08 Å². The van der Waals surface area contributed by atoms with E-state index in [9.17, 15) is 0 Å². The van der Waals surface area contributed by atoms with Gasteiger partial charge in [0, 0.05) is 12.7 Å². The Labute approximate surface area is 154 Å². The van der Waals surface area contributed by atoms with Crippen LogP contribution >= 0.6 is 0 Å². The third-order valence-electron chi connectivity index (χ3n) is 4.59. The molecule has 0 unspecified atom stereocenters. The fraction of sp³-hybridized carbons (Fsp3) is 0.227. The van der Waals surface area contributed by atoms with Crippen LogP contribution in [0.4, 0.5) is 0 Å². The first-order chi connectivity index (χ1) is 12.9. The summed E-state index contributed by atoms with van der Waals surface area (Å²) in [5.41, 5.74) is 4.86. The number of nitrogens with one attached hydrogen (secondary N) is 1. The molecule has 3 aromatic rings. The second kappa shape index (κ2) is 7.91. The molecular weight excluding hydrogens is 322 g/mol. The quantitative estimate of drug-likeness (QED) is 0.651. The van der Waals surface area contributed by atoms with Gasteiger partial charge < -0.3 is 14.6 Å². The van der Waals surface area contributed by atoms with Crippen molar-refractivity contribution in [1.82, 2.24) is 14.9 Å². The van der Waals surface area contributed by atoms with E-state index in [0.717, 1.165) is 49.7 Å². The van der Waals surface area contributed by atoms with E-state index in [0.29, 0.717) is 0 Å². The van der Waals surface area contributed by atoms with Crippen LogP contribution in [-0.2, 0) is 13.0 Å². The Balaban J connectivity index is 1.20. The third kappa shape index (κ3) is 4.14. The maximum atomic E-state index is 5.88. The summed E-state index contributed by atoms with van der Waals surface area (Å²) in [6.07, 6.45) is 7.90. The van der Waals surface area contributed by atoms with Gasteiger partial charge in [-0.2, -0.15) is 0 Å². The Hall–Kier alpha value is -3.01. The molecule has 0 bridgehead atoms. The highest BCUT2D eigenvalue weighted by Crippen LogP contribution is 2.17. The van der Waals surface area contributed by atoms with E-state index in [2.05, 4.69) is 75.7 Å². The van der Waals surface area contributed by atoms with Crippen molar-refractivity contribution < 1.29 is 4.74 Å². The fourth-order valence-corrected chi connectivity index (χ4v) is 3.17. The largest absolute Gasteiger partial charge is 0.494 e. The summed E-state index contributed by atoms with van der Waals surface area (Å²) in [5.74, 6) is 0.936. The maximum Gasteiger partial charge on any atom is 0.119 e. The summed E-state index contributed by atoms with van der Waals surface area (Å²) >= 11 is 0. The summed E-state index contributed by atoms with van der Waals surface area (Å²) < 4.78 is 5.88. The number of hydrogen-bond acceptors (Lipinski definition) is 3. The van der Waals surface area contributed by atoms with E-state index >= 15 is 0 Å². The molecule has 4 heteroatoms. The molecule has 0 saturated heterocycles. The molecular formula is C22H23N3O. The van der Waals surface area contributed by atoms with E-state index in [1.54, 1.807) is 6.33 Å². The van der Waals surface area contributed by atoms with Gasteiger partial charge in [0.05, 0.1) is 30.9 Å². The van der Waals surface area contributed by atoms with Crippen molar-refractivity contribution in [2.45, 2.75) is 19.4 Å². The minimum absolute atomic E-state index is 0.718. The SMILES string of the molecule is C1=CN(CCCOc2ccc(Cc3ccccc3)cc2)Cc2nc[nH]c21. The maximum absolute atomic E-state index is 5.88. The Bertz CT molecular complexity index is 853. The molecule has 1 N–H and O–H groups in total. The number of imidazole rings is 1. The van der Waals surface area contributed by atoms with Crippen LogP contribution in [-0.4, -0.2) is 28.0 Å². The lowest BCUT2D eigenvalue weighted by molar-refractivity contribution is 0.272. The molecule has 0 aliphatic carbocycles. The fourth-order valence-electron chi connectivity index (χ4n) is 3.17. The van der Waals surface area contributed by atoms with Gasteiger partial charge in [0.25, 0.3) is 0 Å². The average Bonchev–Trinajstić information content (AvgIpc) is 3.15. The topological polar surface area (TPSA) is 41.1 Å². The predicted molar refractivity (Wildman–Crippen MR) is 104 cm³/mol. The van der Waals surface area contributed by atoms with Crippen molar-refractivity contribution in [1.29, 1.82) is 0 Å². The average molecular weight is 345 g/mol. The Morgan fingerprint density at radius 2 is 1.81 bits per heavy atom. The van der Waals surface area contributed by atoms with Gasteiger partial charge in [-0.15, -0.1) is 0 Å². The molecule has 1 aliphatic rings. The van der Waals surface area contributed by atoms with Crippen LogP contribution in [0.15, 0.2) is 67.1 Å². The molecule has 2 heterocycles. The summed E-state index contributed by atoms with van der Waals surface area (Å²) in [5, 5.41) is 0. The molecule has 0 spiro atoms. The van der Waals surface area contributed by atoms with Crippen molar-refractivity contribution in [3.63, 3.8) is 0 Å². The van der Waals surface area contributed by atoms with Gasteiger partial charge >= 0.3 is 0 Å². The summed E-state index contributed by atoms with van der Waals surface area (Å²) in [6.45, 7) is 2.55. The van der Waals surface area contributed by atoms with Crippen LogP contribution < -0.4 is 4.74 Å². The van der Waals surface area contributed by atoms with Crippen LogP contribution in [0, 0.1) is 0 Å². The van der Waals surface area contributed by atoms with Crippen molar-refractivity contribution in [2.24, 2.45) is 0 Å². The predicted octanol–water partition coefficient (Wildman–Crippen LogP) is 4.26. The lowest BCUT2D eigenvalue weighted by atomic mass is 10.1. The molecule has 0 radical (unpaired) electrons. The molecule has 4 nitrogen and oxygen atoms in total. The van der Waals surface area contributed by atoms with Crippen LogP contribution in [0.2, 0.25) is 0 Å². The summed E-state index contributed by atoms with van der Waals surface area (Å²) in [6, 6.07) is 19.0. The zero-order valence-electron chi connectivity index (χ0n) is 14.8. The molecule has 0 amide bonds. The highest BCUT2D eigenvalue weighted by molar-refractivity contribution is 5.49. The molecule has 132 valence electrons. The number of aromatic amines is 1. The van der Waals surface area contributed by atoms with Crippen molar-refractivity contribution in [3.05, 3.63) is 89.6 Å². The molecule has 26 heavy (non-hydrogen) atoms. The minimum atomic E-state index is 0.718. The number of fused-ring (bicyclic) bond motifs is 1. The van der Waals surface area contributed by atoms with Crippen LogP contribution in [0.1, 0.15) is 28.9 Å². The number of aromatic nitrogens is 2. The smallest absolute Gasteiger partial charge is 0.119 e. The van der Waals surface area contributed by atoms with Gasteiger partial charge in [-0.1, -0.05) is 42.5 Å². The molecule has 1 aromatic heterocycles. The first-order valence-electron chi connectivity index (χ1n) is 9.07. The zero-order chi connectivity index (χ0) is 17.6. The molecule has 4 rings (SSSR count). The third-order valence-corrected chi connectivity index (χ3v) is 4.59. The number of H-pyrrole nitrogens is 1. The first-order valence-corrected chi connectivity index (χ1v) is 9.07. The Morgan fingerprint density at radius 1 is 1.00 bits per heavy atom. The monoisotopic (exact) mass is 345 g/mol. The van der Waals surface area contributed by atoms with Crippen molar-refractivity contribution >= 4 is 6.08 Å². The van der Waals surface area contributed by atoms with Gasteiger partial charge in [-0.05, 0) is 42.2 Å².